The number of hydrogen-bond donors (Lipinski definition) is 2. The molecule has 4 heteroatoms. The normalized spacial score (nSPS) is 33.9. The van der Waals surface area contributed by atoms with Gasteiger partial charge in [0, 0.05) is 18.6 Å². The number of rotatable bonds is 1. The Labute approximate surface area is 91.2 Å². The van der Waals surface area contributed by atoms with E-state index < -0.39 is 0 Å². The van der Waals surface area contributed by atoms with E-state index in [1.807, 2.05) is 25.7 Å². The number of carbonyl (C=O) groups is 1. The van der Waals surface area contributed by atoms with Crippen molar-refractivity contribution in [3.8, 4) is 0 Å². The van der Waals surface area contributed by atoms with Gasteiger partial charge in [-0.3, -0.25) is 0 Å². The fourth-order valence-electron chi connectivity index (χ4n) is 2.56. The molecule has 86 valence electrons. The Morgan fingerprint density at radius 3 is 2.33 bits per heavy atom. The van der Waals surface area contributed by atoms with Gasteiger partial charge >= 0.3 is 6.03 Å². The van der Waals surface area contributed by atoms with E-state index in [9.17, 15) is 4.79 Å². The zero-order chi connectivity index (χ0) is 11.2. The van der Waals surface area contributed by atoms with E-state index in [1.54, 1.807) is 0 Å². The second-order valence-electron chi connectivity index (χ2n) is 5.81. The van der Waals surface area contributed by atoms with Crippen LogP contribution in [0.4, 0.5) is 4.79 Å². The van der Waals surface area contributed by atoms with Crippen molar-refractivity contribution in [2.45, 2.75) is 26.3 Å². The second kappa shape index (κ2) is 3.37. The van der Waals surface area contributed by atoms with Crippen LogP contribution in [0.3, 0.4) is 0 Å². The number of amides is 2. The number of hydrogen-bond acceptors (Lipinski definition) is 2. The quantitative estimate of drug-likeness (QED) is 0.668. The minimum absolute atomic E-state index is 0.0745. The molecule has 2 amide bonds. The van der Waals surface area contributed by atoms with Crippen molar-refractivity contribution in [1.82, 2.24) is 10.2 Å². The first-order chi connectivity index (χ1) is 6.92. The molecule has 3 N–H and O–H groups in total. The zero-order valence-electron chi connectivity index (χ0n) is 9.79. The summed E-state index contributed by atoms with van der Waals surface area (Å²) in [6.07, 6.45) is 0. The van der Waals surface area contributed by atoms with E-state index >= 15 is 0 Å². The summed E-state index contributed by atoms with van der Waals surface area (Å²) in [5, 5.41) is 2.99. The molecule has 0 spiro atoms. The Bertz CT molecular complexity index is 259. The first-order valence-electron chi connectivity index (χ1n) is 5.69. The van der Waals surface area contributed by atoms with Crippen molar-refractivity contribution in [2.24, 2.45) is 23.5 Å². The molecule has 2 rings (SSSR count). The van der Waals surface area contributed by atoms with Gasteiger partial charge in [0.1, 0.15) is 0 Å². The summed E-state index contributed by atoms with van der Waals surface area (Å²) in [6.45, 7) is 8.59. The number of fused-ring (bicyclic) bond motifs is 1. The average molecular weight is 211 g/mol. The second-order valence-corrected chi connectivity index (χ2v) is 5.81. The van der Waals surface area contributed by atoms with E-state index in [1.165, 1.54) is 0 Å². The lowest BCUT2D eigenvalue weighted by atomic mass is 10.1. The largest absolute Gasteiger partial charge is 0.333 e. The lowest BCUT2D eigenvalue weighted by molar-refractivity contribution is 0.191. The molecule has 0 aromatic rings. The highest BCUT2D eigenvalue weighted by Gasteiger charge is 2.55. The third-order valence-electron chi connectivity index (χ3n) is 3.41. The summed E-state index contributed by atoms with van der Waals surface area (Å²) in [6, 6.07) is 0.0745. The fourth-order valence-corrected chi connectivity index (χ4v) is 2.56. The Kier molecular flexibility index (Phi) is 2.41. The van der Waals surface area contributed by atoms with E-state index in [0.29, 0.717) is 17.8 Å². The predicted octanol–water partition coefficient (Wildman–Crippen LogP) is 0.631. The molecule has 2 fully saturated rings. The molecule has 2 unspecified atom stereocenters. The summed E-state index contributed by atoms with van der Waals surface area (Å²) in [7, 11) is 0. The van der Waals surface area contributed by atoms with Crippen LogP contribution in [0.15, 0.2) is 0 Å². The molecule has 1 aliphatic heterocycles. The Hall–Kier alpha value is -0.770. The molecule has 15 heavy (non-hydrogen) atoms. The molecule has 0 aromatic carbocycles. The molecule has 0 aromatic heterocycles. The number of nitrogens with zero attached hydrogens (tertiary/aromatic N) is 1. The van der Waals surface area contributed by atoms with Crippen LogP contribution in [0.25, 0.3) is 0 Å². The van der Waals surface area contributed by atoms with Gasteiger partial charge in [0.15, 0.2) is 0 Å². The van der Waals surface area contributed by atoms with Crippen LogP contribution >= 0.6 is 0 Å². The van der Waals surface area contributed by atoms with Crippen LogP contribution in [0.1, 0.15) is 20.8 Å². The highest BCUT2D eigenvalue weighted by atomic mass is 16.2. The van der Waals surface area contributed by atoms with Gasteiger partial charge in [0.05, 0.1) is 0 Å². The predicted molar refractivity (Wildman–Crippen MR) is 59.4 cm³/mol. The van der Waals surface area contributed by atoms with Gasteiger partial charge in [-0.1, -0.05) is 0 Å². The molecule has 4 nitrogen and oxygen atoms in total. The van der Waals surface area contributed by atoms with Gasteiger partial charge in [-0.05, 0) is 45.1 Å². The average Bonchev–Trinajstić information content (AvgIpc) is 2.54. The number of carbonyl (C=O) groups excluding carboxylic acids is 1. The molecule has 0 radical (unpaired) electrons. The Balaban J connectivity index is 1.82. The fraction of sp³-hybridized carbons (Fsp3) is 0.909. The Morgan fingerprint density at radius 2 is 1.93 bits per heavy atom. The summed E-state index contributed by atoms with van der Waals surface area (Å²) in [5.74, 6) is 2.05. The van der Waals surface area contributed by atoms with E-state index in [-0.39, 0.29) is 11.6 Å². The van der Waals surface area contributed by atoms with Crippen molar-refractivity contribution < 1.29 is 4.79 Å². The summed E-state index contributed by atoms with van der Waals surface area (Å²) >= 11 is 0. The smallest absolute Gasteiger partial charge is 0.317 e. The van der Waals surface area contributed by atoms with Gasteiger partial charge in [-0.2, -0.15) is 0 Å². The number of piperidine rings is 1. The Morgan fingerprint density at radius 1 is 1.40 bits per heavy atom. The standard InChI is InChI=1S/C11H21N3O/c1-11(2,3)13-10(15)14-5-8-7(4-12)9(8)6-14/h7-9H,4-6,12H2,1-3H3,(H,13,15). The van der Waals surface area contributed by atoms with Crippen LogP contribution in [-0.2, 0) is 0 Å². The topological polar surface area (TPSA) is 58.4 Å². The van der Waals surface area contributed by atoms with Crippen LogP contribution < -0.4 is 11.1 Å². The van der Waals surface area contributed by atoms with E-state index in [0.717, 1.165) is 19.6 Å². The molecular formula is C11H21N3O. The third kappa shape index (κ3) is 2.09. The van der Waals surface area contributed by atoms with E-state index in [4.69, 9.17) is 5.73 Å². The summed E-state index contributed by atoms with van der Waals surface area (Å²) in [4.78, 5) is 13.7. The van der Waals surface area contributed by atoms with Gasteiger partial charge in [0.2, 0.25) is 0 Å². The number of urea groups is 1. The molecule has 2 aliphatic rings. The van der Waals surface area contributed by atoms with Crippen LogP contribution in [-0.4, -0.2) is 36.1 Å². The van der Waals surface area contributed by atoms with Gasteiger partial charge in [-0.25, -0.2) is 4.79 Å². The third-order valence-corrected chi connectivity index (χ3v) is 3.41. The summed E-state index contributed by atoms with van der Waals surface area (Å²) in [5.41, 5.74) is 5.49. The minimum atomic E-state index is -0.142. The van der Waals surface area contributed by atoms with Crippen molar-refractivity contribution in [3.05, 3.63) is 0 Å². The van der Waals surface area contributed by atoms with Crippen LogP contribution in [0.2, 0.25) is 0 Å². The van der Waals surface area contributed by atoms with Crippen LogP contribution in [0.5, 0.6) is 0 Å². The number of nitrogens with two attached hydrogens (primary N) is 1. The van der Waals surface area contributed by atoms with Crippen molar-refractivity contribution in [2.75, 3.05) is 19.6 Å². The molecular weight excluding hydrogens is 190 g/mol. The van der Waals surface area contributed by atoms with E-state index in [2.05, 4.69) is 5.32 Å². The molecule has 1 saturated heterocycles. The minimum Gasteiger partial charge on any atom is -0.333 e. The maximum atomic E-state index is 11.8. The van der Waals surface area contributed by atoms with Gasteiger partial charge in [0.25, 0.3) is 0 Å². The maximum absolute atomic E-state index is 11.8. The number of likely N-dealkylation sites (tertiary alicyclic amines) is 1. The molecule has 1 aliphatic carbocycles. The first kappa shape index (κ1) is 10.7. The molecule has 0 bridgehead atoms. The van der Waals surface area contributed by atoms with Gasteiger partial charge < -0.3 is 16.0 Å². The monoisotopic (exact) mass is 211 g/mol. The molecule has 2 atom stereocenters. The van der Waals surface area contributed by atoms with Crippen molar-refractivity contribution in [1.29, 1.82) is 0 Å². The molecule has 1 heterocycles. The van der Waals surface area contributed by atoms with Crippen molar-refractivity contribution >= 4 is 6.03 Å². The van der Waals surface area contributed by atoms with Crippen LogP contribution in [0, 0.1) is 17.8 Å². The highest BCUT2D eigenvalue weighted by Crippen LogP contribution is 2.50. The van der Waals surface area contributed by atoms with Gasteiger partial charge in [-0.15, -0.1) is 0 Å². The zero-order valence-corrected chi connectivity index (χ0v) is 9.79. The SMILES string of the molecule is CC(C)(C)NC(=O)N1CC2C(CN)C2C1. The first-order valence-corrected chi connectivity index (χ1v) is 5.69. The van der Waals surface area contributed by atoms with Crippen molar-refractivity contribution in [3.63, 3.8) is 0 Å². The molecule has 1 saturated carbocycles. The number of nitrogens with one attached hydrogen (secondary N) is 1. The lowest BCUT2D eigenvalue weighted by Gasteiger charge is -2.26. The summed E-state index contributed by atoms with van der Waals surface area (Å²) < 4.78 is 0. The maximum Gasteiger partial charge on any atom is 0.317 e. The highest BCUT2D eigenvalue weighted by molar-refractivity contribution is 5.75. The lowest BCUT2D eigenvalue weighted by Crippen LogP contribution is -2.48.